The Kier molecular flexibility index (Phi) is 6.25. The third-order valence-electron chi connectivity index (χ3n) is 4.75. The number of ether oxygens (including phenoxy) is 1. The molecule has 0 fully saturated rings. The third-order valence-corrected chi connectivity index (χ3v) is 5.61. The molecular formula is C24H21NO4S. The number of amides is 1. The van der Waals surface area contributed by atoms with Gasteiger partial charge in [-0.25, -0.2) is 4.79 Å². The van der Waals surface area contributed by atoms with Crippen LogP contribution < -0.4 is 10.4 Å². The lowest BCUT2D eigenvalue weighted by Gasteiger charge is -2.22. The van der Waals surface area contributed by atoms with Crippen molar-refractivity contribution in [2.75, 3.05) is 13.2 Å². The molecule has 1 amide bonds. The first-order chi connectivity index (χ1) is 14.7. The van der Waals surface area contributed by atoms with Gasteiger partial charge in [0.2, 0.25) is 0 Å². The van der Waals surface area contributed by atoms with Gasteiger partial charge in [-0.15, -0.1) is 11.3 Å². The predicted octanol–water partition coefficient (Wildman–Crippen LogP) is 4.50. The van der Waals surface area contributed by atoms with Crippen molar-refractivity contribution < 1.29 is 13.9 Å². The van der Waals surface area contributed by atoms with Gasteiger partial charge in [-0.3, -0.25) is 4.79 Å². The monoisotopic (exact) mass is 419 g/mol. The van der Waals surface area contributed by atoms with Crippen LogP contribution >= 0.6 is 11.3 Å². The van der Waals surface area contributed by atoms with E-state index in [0.29, 0.717) is 24.4 Å². The number of rotatable bonds is 8. The molecule has 2 aromatic carbocycles. The highest BCUT2D eigenvalue weighted by Crippen LogP contribution is 2.20. The van der Waals surface area contributed by atoms with E-state index in [1.807, 2.05) is 40.6 Å². The summed E-state index contributed by atoms with van der Waals surface area (Å²) < 4.78 is 10.9. The molecule has 0 aliphatic carbocycles. The van der Waals surface area contributed by atoms with Crippen molar-refractivity contribution in [1.82, 2.24) is 4.90 Å². The van der Waals surface area contributed by atoms with Crippen LogP contribution in [-0.4, -0.2) is 24.0 Å². The van der Waals surface area contributed by atoms with Crippen LogP contribution in [0.2, 0.25) is 0 Å². The Bertz CT molecular complexity index is 1170. The largest absolute Gasteiger partial charge is 0.484 e. The summed E-state index contributed by atoms with van der Waals surface area (Å²) in [5.41, 5.74) is 1.21. The second-order valence-corrected chi connectivity index (χ2v) is 7.91. The van der Waals surface area contributed by atoms with E-state index in [0.717, 1.165) is 16.7 Å². The fourth-order valence-corrected chi connectivity index (χ4v) is 3.88. The van der Waals surface area contributed by atoms with Gasteiger partial charge in [0.05, 0.1) is 6.54 Å². The van der Waals surface area contributed by atoms with Crippen LogP contribution in [0.3, 0.4) is 0 Å². The Balaban J connectivity index is 1.43. The normalized spacial score (nSPS) is 10.8. The maximum Gasteiger partial charge on any atom is 0.336 e. The Labute approximate surface area is 178 Å². The van der Waals surface area contributed by atoms with Gasteiger partial charge in [0, 0.05) is 28.9 Å². The molecule has 6 heteroatoms. The zero-order valence-corrected chi connectivity index (χ0v) is 17.1. The first-order valence-corrected chi connectivity index (χ1v) is 10.6. The summed E-state index contributed by atoms with van der Waals surface area (Å²) >= 11 is 1.63. The van der Waals surface area contributed by atoms with Crippen LogP contribution in [0.15, 0.2) is 87.4 Å². The molecule has 152 valence electrons. The van der Waals surface area contributed by atoms with Gasteiger partial charge in [-0.05, 0) is 41.6 Å². The van der Waals surface area contributed by atoms with Gasteiger partial charge in [0.15, 0.2) is 6.61 Å². The summed E-state index contributed by atoms with van der Waals surface area (Å²) in [4.78, 5) is 27.3. The highest BCUT2D eigenvalue weighted by molar-refractivity contribution is 7.09. The Morgan fingerprint density at radius 3 is 2.63 bits per heavy atom. The van der Waals surface area contributed by atoms with Crippen LogP contribution in [-0.2, 0) is 17.8 Å². The molecule has 0 saturated carbocycles. The number of thiophene rings is 1. The number of benzene rings is 2. The molecule has 0 N–H and O–H groups in total. The summed E-state index contributed by atoms with van der Waals surface area (Å²) in [6, 6.07) is 22.4. The minimum Gasteiger partial charge on any atom is -0.484 e. The topological polar surface area (TPSA) is 59.8 Å². The van der Waals surface area contributed by atoms with Crippen molar-refractivity contribution >= 4 is 28.2 Å². The Hall–Kier alpha value is -3.38. The summed E-state index contributed by atoms with van der Waals surface area (Å²) in [6.45, 7) is 1.08. The number of nitrogens with zero attached hydrogens (tertiary/aromatic N) is 1. The lowest BCUT2D eigenvalue weighted by molar-refractivity contribution is -0.133. The van der Waals surface area contributed by atoms with Crippen molar-refractivity contribution in [2.24, 2.45) is 0 Å². The Morgan fingerprint density at radius 1 is 1.00 bits per heavy atom. The molecular weight excluding hydrogens is 398 g/mol. The predicted molar refractivity (Wildman–Crippen MR) is 118 cm³/mol. The van der Waals surface area contributed by atoms with Gasteiger partial charge < -0.3 is 14.1 Å². The van der Waals surface area contributed by atoms with E-state index >= 15 is 0 Å². The van der Waals surface area contributed by atoms with Crippen LogP contribution in [0.25, 0.3) is 11.0 Å². The summed E-state index contributed by atoms with van der Waals surface area (Å²) in [5, 5.41) is 2.81. The highest BCUT2D eigenvalue weighted by Gasteiger charge is 2.16. The molecule has 5 nitrogen and oxygen atoms in total. The molecule has 2 heterocycles. The average Bonchev–Trinajstić information content (AvgIpc) is 3.28. The van der Waals surface area contributed by atoms with Gasteiger partial charge in [0.25, 0.3) is 5.91 Å². The van der Waals surface area contributed by atoms with E-state index in [-0.39, 0.29) is 12.5 Å². The highest BCUT2D eigenvalue weighted by atomic mass is 32.1. The third kappa shape index (κ3) is 5.15. The van der Waals surface area contributed by atoms with E-state index in [9.17, 15) is 9.59 Å². The SMILES string of the molecule is O=C(COc1ccc2ccc(=O)oc2c1)N(CCc1ccccc1)Cc1cccs1. The maximum atomic E-state index is 12.9. The number of carbonyl (C=O) groups is 1. The number of fused-ring (bicyclic) bond motifs is 1. The zero-order valence-electron chi connectivity index (χ0n) is 16.3. The first-order valence-electron chi connectivity index (χ1n) is 9.68. The lowest BCUT2D eigenvalue weighted by atomic mass is 10.1. The van der Waals surface area contributed by atoms with Gasteiger partial charge >= 0.3 is 5.63 Å². The van der Waals surface area contributed by atoms with Crippen molar-refractivity contribution in [1.29, 1.82) is 0 Å². The van der Waals surface area contributed by atoms with E-state index in [1.54, 1.807) is 35.6 Å². The molecule has 4 rings (SSSR count). The van der Waals surface area contributed by atoms with Gasteiger partial charge in [-0.2, -0.15) is 0 Å². The van der Waals surface area contributed by atoms with Gasteiger partial charge in [0.1, 0.15) is 11.3 Å². The van der Waals surface area contributed by atoms with E-state index in [2.05, 4.69) is 12.1 Å². The minimum absolute atomic E-state index is 0.0806. The molecule has 0 bridgehead atoms. The minimum atomic E-state index is -0.418. The number of carbonyl (C=O) groups excluding carboxylic acids is 1. The van der Waals surface area contributed by atoms with Crippen molar-refractivity contribution in [3.05, 3.63) is 99.0 Å². The maximum absolute atomic E-state index is 12.9. The Morgan fingerprint density at radius 2 is 1.83 bits per heavy atom. The zero-order chi connectivity index (χ0) is 20.8. The van der Waals surface area contributed by atoms with Gasteiger partial charge in [-0.1, -0.05) is 36.4 Å². The van der Waals surface area contributed by atoms with E-state index in [4.69, 9.17) is 9.15 Å². The smallest absolute Gasteiger partial charge is 0.336 e. The van der Waals surface area contributed by atoms with Crippen LogP contribution in [0, 0.1) is 0 Å². The summed E-state index contributed by atoms with van der Waals surface area (Å²) in [6.07, 6.45) is 0.777. The second-order valence-electron chi connectivity index (χ2n) is 6.87. The van der Waals surface area contributed by atoms with Crippen LogP contribution in [0.5, 0.6) is 5.75 Å². The number of hydrogen-bond donors (Lipinski definition) is 0. The molecule has 0 atom stereocenters. The lowest BCUT2D eigenvalue weighted by Crippen LogP contribution is -2.35. The second kappa shape index (κ2) is 9.41. The quantitative estimate of drug-likeness (QED) is 0.395. The van der Waals surface area contributed by atoms with E-state index < -0.39 is 5.63 Å². The van der Waals surface area contributed by atoms with E-state index in [1.165, 1.54) is 11.6 Å². The fourth-order valence-electron chi connectivity index (χ4n) is 3.16. The molecule has 30 heavy (non-hydrogen) atoms. The average molecular weight is 420 g/mol. The van der Waals surface area contributed by atoms with Crippen LogP contribution in [0.1, 0.15) is 10.4 Å². The molecule has 4 aromatic rings. The molecule has 0 aliphatic rings. The number of hydrogen-bond acceptors (Lipinski definition) is 5. The fraction of sp³-hybridized carbons (Fsp3) is 0.167. The standard InChI is InChI=1S/C24H21NO4S/c26-23(17-28-20-10-8-19-9-11-24(27)29-22(19)15-20)25(16-21-7-4-14-30-21)13-12-18-5-2-1-3-6-18/h1-11,14-15H,12-13,16-17H2. The molecule has 0 spiro atoms. The van der Waals surface area contributed by atoms with Crippen LogP contribution in [0.4, 0.5) is 0 Å². The first kappa shape index (κ1) is 19.9. The van der Waals surface area contributed by atoms with Crippen molar-refractivity contribution in [2.45, 2.75) is 13.0 Å². The summed E-state index contributed by atoms with van der Waals surface area (Å²) in [5.74, 6) is 0.401. The van der Waals surface area contributed by atoms with Crippen molar-refractivity contribution in [3.8, 4) is 5.75 Å². The molecule has 0 saturated heterocycles. The summed E-state index contributed by atoms with van der Waals surface area (Å²) in [7, 11) is 0. The van der Waals surface area contributed by atoms with Crippen molar-refractivity contribution in [3.63, 3.8) is 0 Å². The molecule has 2 aromatic heterocycles. The molecule has 0 radical (unpaired) electrons. The molecule has 0 aliphatic heterocycles. The molecule has 0 unspecified atom stereocenters.